The first kappa shape index (κ1) is 12.9. The van der Waals surface area contributed by atoms with Crippen molar-refractivity contribution >= 4 is 32.8 Å². The van der Waals surface area contributed by atoms with Gasteiger partial charge in [0.05, 0.1) is 0 Å². The van der Waals surface area contributed by atoms with Crippen molar-refractivity contribution in [1.29, 1.82) is 0 Å². The first-order valence-electron chi connectivity index (χ1n) is 6.49. The molecule has 0 saturated carbocycles. The van der Waals surface area contributed by atoms with E-state index in [0.717, 1.165) is 6.54 Å². The monoisotopic (exact) mass is 287 g/mol. The molecular weight excluding hydrogens is 270 g/mol. The number of nitrogens with one attached hydrogen (secondary N) is 1. The van der Waals surface area contributed by atoms with Crippen LogP contribution in [0.2, 0.25) is 0 Å². The molecule has 0 aliphatic heterocycles. The van der Waals surface area contributed by atoms with E-state index in [9.17, 15) is 0 Å². The van der Waals surface area contributed by atoms with Crippen LogP contribution in [-0.2, 0) is 6.54 Å². The highest BCUT2D eigenvalue weighted by Gasteiger charge is 2.09. The lowest BCUT2D eigenvalue weighted by molar-refractivity contribution is 0.585. The summed E-state index contributed by atoms with van der Waals surface area (Å²) in [5.74, 6) is 0. The molecule has 0 spiro atoms. The van der Waals surface area contributed by atoms with Crippen LogP contribution >= 0.6 is 22.7 Å². The predicted octanol–water partition coefficient (Wildman–Crippen LogP) is 5.12. The lowest BCUT2D eigenvalue weighted by Gasteiger charge is -2.11. The van der Waals surface area contributed by atoms with Crippen molar-refractivity contribution in [2.24, 2.45) is 0 Å². The number of aryl methyl sites for hydroxylation is 1. The number of hydrogen-bond donors (Lipinski definition) is 1. The summed E-state index contributed by atoms with van der Waals surface area (Å²) in [5.41, 5.74) is 1.40. The maximum absolute atomic E-state index is 3.62. The Morgan fingerprint density at radius 1 is 1.16 bits per heavy atom. The van der Waals surface area contributed by atoms with Crippen LogP contribution in [0.5, 0.6) is 0 Å². The number of fused-ring (bicyclic) bond motifs is 1. The van der Waals surface area contributed by atoms with Crippen LogP contribution in [0.1, 0.15) is 28.3 Å². The molecule has 3 heteroatoms. The molecule has 0 aliphatic rings. The highest BCUT2D eigenvalue weighted by molar-refractivity contribution is 7.17. The van der Waals surface area contributed by atoms with E-state index < -0.39 is 0 Å². The lowest BCUT2D eigenvalue weighted by atomic mass is 10.1. The molecule has 3 rings (SSSR count). The van der Waals surface area contributed by atoms with E-state index >= 15 is 0 Å². The van der Waals surface area contributed by atoms with E-state index in [2.05, 4.69) is 60.9 Å². The fraction of sp³-hybridized carbons (Fsp3) is 0.250. The Hall–Kier alpha value is -1.16. The van der Waals surface area contributed by atoms with Gasteiger partial charge in [-0.1, -0.05) is 18.2 Å². The molecule has 3 aromatic rings. The van der Waals surface area contributed by atoms with E-state index in [-0.39, 0.29) is 0 Å². The van der Waals surface area contributed by atoms with Crippen molar-refractivity contribution in [1.82, 2.24) is 5.32 Å². The minimum absolute atomic E-state index is 0.414. The van der Waals surface area contributed by atoms with Gasteiger partial charge < -0.3 is 5.32 Å². The summed E-state index contributed by atoms with van der Waals surface area (Å²) in [6.07, 6.45) is 0. The molecule has 0 aliphatic carbocycles. The second kappa shape index (κ2) is 5.45. The molecule has 19 heavy (non-hydrogen) atoms. The van der Waals surface area contributed by atoms with Gasteiger partial charge in [0.15, 0.2) is 0 Å². The van der Waals surface area contributed by atoms with Crippen molar-refractivity contribution in [2.75, 3.05) is 0 Å². The summed E-state index contributed by atoms with van der Waals surface area (Å²) < 4.78 is 1.37. The average molecular weight is 287 g/mol. The summed E-state index contributed by atoms with van der Waals surface area (Å²) >= 11 is 3.70. The van der Waals surface area contributed by atoms with Crippen molar-refractivity contribution in [3.8, 4) is 0 Å². The second-order valence-electron chi connectivity index (χ2n) is 4.81. The van der Waals surface area contributed by atoms with E-state index in [0.29, 0.717) is 6.04 Å². The van der Waals surface area contributed by atoms with E-state index in [1.807, 2.05) is 22.7 Å². The number of rotatable bonds is 4. The van der Waals surface area contributed by atoms with Gasteiger partial charge in [0, 0.05) is 27.0 Å². The molecule has 0 radical (unpaired) electrons. The van der Waals surface area contributed by atoms with Crippen LogP contribution in [0.25, 0.3) is 10.1 Å². The van der Waals surface area contributed by atoms with Gasteiger partial charge in [-0.15, -0.1) is 22.7 Å². The Balaban J connectivity index is 1.72. The van der Waals surface area contributed by atoms with E-state index in [4.69, 9.17) is 0 Å². The first-order valence-corrected chi connectivity index (χ1v) is 8.18. The average Bonchev–Trinajstić information content (AvgIpc) is 3.02. The zero-order valence-electron chi connectivity index (χ0n) is 11.1. The van der Waals surface area contributed by atoms with Gasteiger partial charge in [-0.05, 0) is 48.4 Å². The fourth-order valence-electron chi connectivity index (χ4n) is 2.22. The Morgan fingerprint density at radius 2 is 2.00 bits per heavy atom. The zero-order valence-corrected chi connectivity index (χ0v) is 12.8. The molecule has 1 unspecified atom stereocenters. The fourth-order valence-corrected chi connectivity index (χ4v) is 4.09. The molecule has 2 heterocycles. The molecule has 0 saturated heterocycles. The van der Waals surface area contributed by atoms with Gasteiger partial charge in [0.1, 0.15) is 0 Å². The molecule has 1 N–H and O–H groups in total. The highest BCUT2D eigenvalue weighted by atomic mass is 32.1. The second-order valence-corrected chi connectivity index (χ2v) is 7.04. The summed E-state index contributed by atoms with van der Waals surface area (Å²) in [4.78, 5) is 2.79. The third-order valence-corrected chi connectivity index (χ3v) is 5.54. The normalized spacial score (nSPS) is 12.9. The SMILES string of the molecule is Cc1ccc(C(C)NCc2csc3ccccc23)s1. The van der Waals surface area contributed by atoms with Gasteiger partial charge >= 0.3 is 0 Å². The molecule has 0 fully saturated rings. The minimum atomic E-state index is 0.414. The molecule has 1 atom stereocenters. The number of hydrogen-bond acceptors (Lipinski definition) is 3. The van der Waals surface area contributed by atoms with Gasteiger partial charge in [-0.2, -0.15) is 0 Å². The number of thiophene rings is 2. The number of benzene rings is 1. The Morgan fingerprint density at radius 3 is 2.79 bits per heavy atom. The molecule has 0 amide bonds. The maximum Gasteiger partial charge on any atom is 0.0388 e. The molecule has 1 nitrogen and oxygen atoms in total. The van der Waals surface area contributed by atoms with Crippen molar-refractivity contribution in [2.45, 2.75) is 26.4 Å². The summed E-state index contributed by atoms with van der Waals surface area (Å²) in [7, 11) is 0. The topological polar surface area (TPSA) is 12.0 Å². The molecule has 0 bridgehead atoms. The maximum atomic E-state index is 3.62. The zero-order chi connectivity index (χ0) is 13.2. The Kier molecular flexibility index (Phi) is 3.69. The van der Waals surface area contributed by atoms with Gasteiger partial charge in [-0.3, -0.25) is 0 Å². The van der Waals surface area contributed by atoms with Crippen LogP contribution in [0, 0.1) is 6.92 Å². The van der Waals surface area contributed by atoms with Crippen LogP contribution in [-0.4, -0.2) is 0 Å². The third kappa shape index (κ3) is 2.73. The van der Waals surface area contributed by atoms with Crippen LogP contribution in [0.3, 0.4) is 0 Å². The summed E-state index contributed by atoms with van der Waals surface area (Å²) in [6.45, 7) is 5.33. The first-order chi connectivity index (χ1) is 9.24. The lowest BCUT2D eigenvalue weighted by Crippen LogP contribution is -2.16. The standard InChI is InChI=1S/C16H17NS2/c1-11-7-8-15(19-11)12(2)17-9-13-10-18-16-6-4-3-5-14(13)16/h3-8,10,12,17H,9H2,1-2H3. The quantitative estimate of drug-likeness (QED) is 0.702. The summed E-state index contributed by atoms with van der Waals surface area (Å²) in [6, 6.07) is 13.5. The van der Waals surface area contributed by atoms with E-state index in [1.54, 1.807) is 0 Å². The smallest absolute Gasteiger partial charge is 0.0388 e. The summed E-state index contributed by atoms with van der Waals surface area (Å²) in [5, 5.41) is 7.28. The highest BCUT2D eigenvalue weighted by Crippen LogP contribution is 2.27. The predicted molar refractivity (Wildman–Crippen MR) is 86.1 cm³/mol. The minimum Gasteiger partial charge on any atom is -0.305 e. The van der Waals surface area contributed by atoms with E-state index in [1.165, 1.54) is 25.4 Å². The molecule has 2 aromatic heterocycles. The van der Waals surface area contributed by atoms with Crippen LogP contribution in [0.15, 0.2) is 41.8 Å². The van der Waals surface area contributed by atoms with Crippen molar-refractivity contribution in [3.05, 3.63) is 57.1 Å². The Bertz CT molecular complexity index is 681. The van der Waals surface area contributed by atoms with Gasteiger partial charge in [0.2, 0.25) is 0 Å². The van der Waals surface area contributed by atoms with Crippen LogP contribution in [0.4, 0.5) is 0 Å². The molecule has 1 aromatic carbocycles. The van der Waals surface area contributed by atoms with Crippen LogP contribution < -0.4 is 5.32 Å². The van der Waals surface area contributed by atoms with Crippen molar-refractivity contribution < 1.29 is 0 Å². The Labute approximate surface area is 121 Å². The van der Waals surface area contributed by atoms with Gasteiger partial charge in [-0.25, -0.2) is 0 Å². The molecule has 98 valence electrons. The largest absolute Gasteiger partial charge is 0.305 e. The van der Waals surface area contributed by atoms with Gasteiger partial charge in [0.25, 0.3) is 0 Å². The molecular formula is C16H17NS2. The third-order valence-electron chi connectivity index (χ3n) is 3.35. The van der Waals surface area contributed by atoms with Crippen molar-refractivity contribution in [3.63, 3.8) is 0 Å².